The Morgan fingerprint density at radius 2 is 2.35 bits per heavy atom. The van der Waals surface area contributed by atoms with E-state index in [0.717, 1.165) is 4.88 Å². The molecule has 0 aliphatic rings. The molecular weight excluding hydrogens is 238 g/mol. The molecule has 6 heteroatoms. The van der Waals surface area contributed by atoms with Gasteiger partial charge in [0.25, 0.3) is 0 Å². The average molecular weight is 253 g/mol. The monoisotopic (exact) mass is 253 g/mol. The molecule has 0 bridgehead atoms. The lowest BCUT2D eigenvalue weighted by Gasteiger charge is -2.18. The third kappa shape index (κ3) is 5.33. The highest BCUT2D eigenvalue weighted by Gasteiger charge is 2.16. The zero-order chi connectivity index (χ0) is 12.9. The maximum atomic E-state index is 11.4. The number of ether oxygens (including phenoxy) is 1. The Kier molecular flexibility index (Phi) is 4.49. The minimum absolute atomic E-state index is 0.298. The number of nitrogens with one attached hydrogen (secondary N) is 1. The Morgan fingerprint density at radius 1 is 1.65 bits per heavy atom. The molecule has 92 valence electrons. The summed E-state index contributed by atoms with van der Waals surface area (Å²) in [5.74, 6) is 5.55. The van der Waals surface area contributed by atoms with Crippen molar-refractivity contribution in [3.05, 3.63) is 11.1 Å². The van der Waals surface area contributed by atoms with Crippen molar-refractivity contribution >= 4 is 22.6 Å². The van der Waals surface area contributed by atoms with Crippen LogP contribution < -0.4 is 11.1 Å². The van der Waals surface area contributed by atoms with Crippen molar-refractivity contribution < 1.29 is 9.53 Å². The van der Waals surface area contributed by atoms with Gasteiger partial charge in [-0.25, -0.2) is 9.78 Å². The highest BCUT2D eigenvalue weighted by molar-refractivity contribution is 7.16. The number of aromatic nitrogens is 1. The van der Waals surface area contributed by atoms with Crippen LogP contribution in [-0.2, 0) is 4.74 Å². The van der Waals surface area contributed by atoms with E-state index in [-0.39, 0.29) is 0 Å². The van der Waals surface area contributed by atoms with E-state index in [9.17, 15) is 4.79 Å². The second-order valence-electron chi connectivity index (χ2n) is 4.16. The van der Waals surface area contributed by atoms with E-state index in [0.29, 0.717) is 11.7 Å². The van der Waals surface area contributed by atoms with Crippen molar-refractivity contribution in [1.82, 2.24) is 4.98 Å². The molecule has 0 saturated heterocycles. The van der Waals surface area contributed by atoms with Crippen LogP contribution in [0.2, 0.25) is 0 Å². The van der Waals surface area contributed by atoms with Crippen LogP contribution in [0, 0.1) is 11.8 Å². The minimum Gasteiger partial charge on any atom is -0.444 e. The summed E-state index contributed by atoms with van der Waals surface area (Å²) < 4.78 is 5.09. The summed E-state index contributed by atoms with van der Waals surface area (Å²) in [7, 11) is 0. The van der Waals surface area contributed by atoms with Gasteiger partial charge in [0.2, 0.25) is 0 Å². The van der Waals surface area contributed by atoms with Crippen molar-refractivity contribution in [2.75, 3.05) is 11.9 Å². The van der Waals surface area contributed by atoms with Gasteiger partial charge in [-0.3, -0.25) is 5.32 Å². The average Bonchev–Trinajstić information content (AvgIpc) is 2.59. The van der Waals surface area contributed by atoms with Crippen LogP contribution >= 0.6 is 11.3 Å². The molecule has 0 aliphatic carbocycles. The molecule has 0 aromatic carbocycles. The number of thiazole rings is 1. The van der Waals surface area contributed by atoms with Crippen molar-refractivity contribution in [3.8, 4) is 11.8 Å². The number of nitrogens with two attached hydrogens (primary N) is 1. The number of hydrogen-bond donors (Lipinski definition) is 2. The van der Waals surface area contributed by atoms with Crippen LogP contribution in [0.1, 0.15) is 25.6 Å². The first-order valence-corrected chi connectivity index (χ1v) is 5.87. The molecule has 17 heavy (non-hydrogen) atoms. The van der Waals surface area contributed by atoms with Gasteiger partial charge in [0.05, 0.1) is 17.6 Å². The molecule has 5 nitrogen and oxygen atoms in total. The summed E-state index contributed by atoms with van der Waals surface area (Å²) in [5, 5.41) is 3.00. The van der Waals surface area contributed by atoms with Crippen LogP contribution in [-0.4, -0.2) is 23.2 Å². The van der Waals surface area contributed by atoms with Crippen LogP contribution in [0.3, 0.4) is 0 Å². The van der Waals surface area contributed by atoms with E-state index in [1.54, 1.807) is 27.0 Å². The molecule has 0 aliphatic heterocycles. The van der Waals surface area contributed by atoms with E-state index in [4.69, 9.17) is 10.5 Å². The van der Waals surface area contributed by atoms with Crippen molar-refractivity contribution in [2.24, 2.45) is 5.73 Å². The lowest BCUT2D eigenvalue weighted by molar-refractivity contribution is 0.0636. The Hall–Kier alpha value is -1.58. The summed E-state index contributed by atoms with van der Waals surface area (Å²) in [5.41, 5.74) is 4.73. The molecule has 1 aromatic heterocycles. The maximum absolute atomic E-state index is 11.4. The van der Waals surface area contributed by atoms with Gasteiger partial charge in [-0.05, 0) is 20.8 Å². The number of anilines is 1. The minimum atomic E-state index is -0.524. The normalized spacial score (nSPS) is 10.4. The predicted octanol–water partition coefficient (Wildman–Crippen LogP) is 1.80. The molecule has 1 heterocycles. The number of hydrogen-bond acceptors (Lipinski definition) is 5. The maximum Gasteiger partial charge on any atom is 0.413 e. The highest BCUT2D eigenvalue weighted by Crippen LogP contribution is 2.18. The number of amides is 1. The fourth-order valence-electron chi connectivity index (χ4n) is 0.919. The second-order valence-corrected chi connectivity index (χ2v) is 5.19. The number of nitrogens with zero attached hydrogens (tertiary/aromatic N) is 1. The standard InChI is InChI=1S/C11H15N3O2S/c1-11(2,3)16-10(15)14-9-13-7-8(17-9)5-4-6-12/h7H,6,12H2,1-3H3,(H,13,14,15). The van der Waals surface area contributed by atoms with E-state index in [1.807, 2.05) is 0 Å². The van der Waals surface area contributed by atoms with Crippen molar-refractivity contribution in [1.29, 1.82) is 0 Å². The van der Waals surface area contributed by atoms with Gasteiger partial charge in [-0.15, -0.1) is 0 Å². The van der Waals surface area contributed by atoms with Gasteiger partial charge in [0.15, 0.2) is 5.13 Å². The van der Waals surface area contributed by atoms with Gasteiger partial charge in [-0.2, -0.15) is 0 Å². The largest absolute Gasteiger partial charge is 0.444 e. The molecule has 3 N–H and O–H groups in total. The lowest BCUT2D eigenvalue weighted by atomic mass is 10.2. The first-order chi connectivity index (χ1) is 7.90. The summed E-state index contributed by atoms with van der Waals surface area (Å²) >= 11 is 1.27. The van der Waals surface area contributed by atoms with Gasteiger partial charge < -0.3 is 10.5 Å². The summed E-state index contributed by atoms with van der Waals surface area (Å²) in [6.45, 7) is 5.69. The Labute approximate surface area is 104 Å². The Bertz CT molecular complexity index is 451. The van der Waals surface area contributed by atoms with E-state index >= 15 is 0 Å². The highest BCUT2D eigenvalue weighted by atomic mass is 32.1. The molecule has 1 amide bonds. The molecule has 0 unspecified atom stereocenters. The Balaban J connectivity index is 2.58. The molecule has 1 aromatic rings. The summed E-state index contributed by atoms with van der Waals surface area (Å²) in [6, 6.07) is 0. The molecular formula is C11H15N3O2S. The van der Waals surface area contributed by atoms with Gasteiger partial charge in [0.1, 0.15) is 5.60 Å². The van der Waals surface area contributed by atoms with Crippen molar-refractivity contribution in [2.45, 2.75) is 26.4 Å². The van der Waals surface area contributed by atoms with E-state index < -0.39 is 11.7 Å². The third-order valence-electron chi connectivity index (χ3n) is 1.43. The number of carbonyl (C=O) groups excluding carboxylic acids is 1. The molecule has 0 atom stereocenters. The fraction of sp³-hybridized carbons (Fsp3) is 0.455. The van der Waals surface area contributed by atoms with E-state index in [2.05, 4.69) is 22.1 Å². The summed E-state index contributed by atoms with van der Waals surface area (Å²) in [6.07, 6.45) is 1.06. The molecule has 0 spiro atoms. The first-order valence-electron chi connectivity index (χ1n) is 5.05. The number of rotatable bonds is 1. The van der Waals surface area contributed by atoms with Crippen molar-refractivity contribution in [3.63, 3.8) is 0 Å². The smallest absolute Gasteiger partial charge is 0.413 e. The lowest BCUT2D eigenvalue weighted by Crippen LogP contribution is -2.27. The Morgan fingerprint density at radius 3 is 2.94 bits per heavy atom. The van der Waals surface area contributed by atoms with E-state index in [1.165, 1.54) is 11.3 Å². The zero-order valence-corrected chi connectivity index (χ0v) is 10.9. The number of carbonyl (C=O) groups is 1. The van der Waals surface area contributed by atoms with Gasteiger partial charge in [0, 0.05) is 0 Å². The first kappa shape index (κ1) is 13.5. The van der Waals surface area contributed by atoms with Gasteiger partial charge in [-0.1, -0.05) is 23.2 Å². The fourth-order valence-corrected chi connectivity index (χ4v) is 1.60. The van der Waals surface area contributed by atoms with Crippen LogP contribution in [0.5, 0.6) is 0 Å². The van der Waals surface area contributed by atoms with Crippen LogP contribution in [0.25, 0.3) is 0 Å². The molecule has 1 rings (SSSR count). The quantitative estimate of drug-likeness (QED) is 0.748. The SMILES string of the molecule is CC(C)(C)OC(=O)Nc1ncc(C#CCN)s1. The molecule has 0 saturated carbocycles. The molecule has 0 fully saturated rings. The van der Waals surface area contributed by atoms with Crippen LogP contribution in [0.4, 0.5) is 9.93 Å². The van der Waals surface area contributed by atoms with Gasteiger partial charge >= 0.3 is 6.09 Å². The van der Waals surface area contributed by atoms with Crippen LogP contribution in [0.15, 0.2) is 6.20 Å². The topological polar surface area (TPSA) is 77.2 Å². The second kappa shape index (κ2) is 5.66. The predicted molar refractivity (Wildman–Crippen MR) is 67.9 cm³/mol. The third-order valence-corrected chi connectivity index (χ3v) is 2.26. The summed E-state index contributed by atoms with van der Waals surface area (Å²) in [4.78, 5) is 16.2. The zero-order valence-electron chi connectivity index (χ0n) is 10.0. The molecule has 0 radical (unpaired) electrons.